The van der Waals surface area contributed by atoms with Gasteiger partial charge in [0.1, 0.15) is 0 Å². The Morgan fingerprint density at radius 1 is 1.38 bits per heavy atom. The summed E-state index contributed by atoms with van der Waals surface area (Å²) >= 11 is 0. The summed E-state index contributed by atoms with van der Waals surface area (Å²) in [5.74, 6) is 0.690. The maximum absolute atomic E-state index is 2.29. The largest absolute Gasteiger partial charge is 0.0747 e. The number of allylic oxidation sites excluding steroid dienone is 4. The van der Waals surface area contributed by atoms with Gasteiger partial charge in [-0.25, -0.2) is 0 Å². The fourth-order valence-corrected chi connectivity index (χ4v) is 1.06. The first-order chi connectivity index (χ1) is 3.70. The summed E-state index contributed by atoms with van der Waals surface area (Å²) < 4.78 is 0. The van der Waals surface area contributed by atoms with E-state index in [0.717, 1.165) is 0 Å². The summed E-state index contributed by atoms with van der Waals surface area (Å²) in [7, 11) is 0. The molecule has 8 heavy (non-hydrogen) atoms. The Labute approximate surface area is 50.9 Å². The molecule has 0 heteroatoms. The predicted molar refractivity (Wildman–Crippen MR) is 36.7 cm³/mol. The second-order valence-corrected chi connectivity index (χ2v) is 2.59. The Morgan fingerprint density at radius 2 is 2.00 bits per heavy atom. The average Bonchev–Trinajstić information content (AvgIpc) is 1.85. The van der Waals surface area contributed by atoms with Gasteiger partial charge in [0.05, 0.1) is 0 Å². The summed E-state index contributed by atoms with van der Waals surface area (Å²) in [6, 6.07) is 0. The van der Waals surface area contributed by atoms with E-state index in [1.54, 1.807) is 0 Å². The molecule has 0 aromatic rings. The molecule has 0 spiro atoms. The van der Waals surface area contributed by atoms with Crippen LogP contribution < -0.4 is 0 Å². The summed E-state index contributed by atoms with van der Waals surface area (Å²) in [4.78, 5) is 0. The third-order valence-corrected chi connectivity index (χ3v) is 1.69. The van der Waals surface area contributed by atoms with Crippen LogP contribution in [-0.2, 0) is 0 Å². The van der Waals surface area contributed by atoms with Gasteiger partial charge in [-0.1, -0.05) is 30.2 Å². The molecule has 1 unspecified atom stereocenters. The Morgan fingerprint density at radius 3 is 2.12 bits per heavy atom. The van der Waals surface area contributed by atoms with E-state index in [1.165, 1.54) is 11.1 Å². The Balaban J connectivity index is 2.78. The van der Waals surface area contributed by atoms with Gasteiger partial charge >= 0.3 is 0 Å². The van der Waals surface area contributed by atoms with Crippen LogP contribution in [0, 0.1) is 5.92 Å². The maximum atomic E-state index is 2.29. The van der Waals surface area contributed by atoms with Crippen molar-refractivity contribution in [1.29, 1.82) is 0 Å². The Hall–Kier alpha value is -0.520. The van der Waals surface area contributed by atoms with Crippen LogP contribution in [0.3, 0.4) is 0 Å². The standard InChI is InChI=1S/C8H12/c1-6-4-7(2)8(3)5-6/h4-5,7H,1-3H3. The van der Waals surface area contributed by atoms with Crippen molar-refractivity contribution in [3.63, 3.8) is 0 Å². The van der Waals surface area contributed by atoms with Gasteiger partial charge in [-0.05, 0) is 19.8 Å². The Kier molecular flexibility index (Phi) is 1.24. The van der Waals surface area contributed by atoms with Crippen LogP contribution in [0.15, 0.2) is 23.3 Å². The quantitative estimate of drug-likeness (QED) is 0.447. The van der Waals surface area contributed by atoms with Crippen molar-refractivity contribution in [2.45, 2.75) is 20.8 Å². The van der Waals surface area contributed by atoms with Crippen molar-refractivity contribution >= 4 is 0 Å². The number of hydrogen-bond donors (Lipinski definition) is 0. The molecule has 0 fully saturated rings. The molecule has 0 amide bonds. The van der Waals surface area contributed by atoms with Gasteiger partial charge in [0.2, 0.25) is 0 Å². The summed E-state index contributed by atoms with van der Waals surface area (Å²) in [5, 5.41) is 0. The van der Waals surface area contributed by atoms with Crippen LogP contribution in [-0.4, -0.2) is 0 Å². The lowest BCUT2D eigenvalue weighted by Crippen LogP contribution is -1.83. The van der Waals surface area contributed by atoms with Crippen LogP contribution in [0.5, 0.6) is 0 Å². The lowest BCUT2D eigenvalue weighted by Gasteiger charge is -1.96. The SMILES string of the molecule is CC1=CC(C)C(C)=C1. The summed E-state index contributed by atoms with van der Waals surface area (Å²) in [6.07, 6.45) is 4.53. The van der Waals surface area contributed by atoms with Gasteiger partial charge in [0, 0.05) is 0 Å². The smallest absolute Gasteiger partial charge is 0.00455 e. The minimum Gasteiger partial charge on any atom is -0.0747 e. The monoisotopic (exact) mass is 108 g/mol. The van der Waals surface area contributed by atoms with Gasteiger partial charge in [-0.15, -0.1) is 0 Å². The normalized spacial score (nSPS) is 27.6. The van der Waals surface area contributed by atoms with Crippen molar-refractivity contribution < 1.29 is 0 Å². The zero-order valence-electron chi connectivity index (χ0n) is 5.73. The van der Waals surface area contributed by atoms with Crippen LogP contribution in [0.1, 0.15) is 20.8 Å². The zero-order valence-corrected chi connectivity index (χ0v) is 5.73. The lowest BCUT2D eigenvalue weighted by atomic mass is 10.1. The van der Waals surface area contributed by atoms with E-state index in [9.17, 15) is 0 Å². The molecule has 1 atom stereocenters. The second kappa shape index (κ2) is 1.77. The molecule has 1 aliphatic rings. The zero-order chi connectivity index (χ0) is 6.15. The van der Waals surface area contributed by atoms with Crippen LogP contribution in [0.25, 0.3) is 0 Å². The van der Waals surface area contributed by atoms with E-state index in [1.807, 2.05) is 0 Å². The minimum atomic E-state index is 0.690. The van der Waals surface area contributed by atoms with Gasteiger partial charge in [-0.3, -0.25) is 0 Å². The highest BCUT2D eigenvalue weighted by atomic mass is 14.1. The first kappa shape index (κ1) is 5.61. The minimum absolute atomic E-state index is 0.690. The van der Waals surface area contributed by atoms with Crippen LogP contribution in [0.4, 0.5) is 0 Å². The first-order valence-corrected chi connectivity index (χ1v) is 3.07. The molecule has 44 valence electrons. The third-order valence-electron chi connectivity index (χ3n) is 1.69. The van der Waals surface area contributed by atoms with Crippen LogP contribution in [0.2, 0.25) is 0 Å². The molecule has 0 aromatic carbocycles. The fraction of sp³-hybridized carbons (Fsp3) is 0.500. The molecule has 1 rings (SSSR count). The van der Waals surface area contributed by atoms with E-state index in [4.69, 9.17) is 0 Å². The maximum Gasteiger partial charge on any atom is -0.00455 e. The molecular formula is C8H12. The Bertz CT molecular complexity index is 149. The molecule has 0 heterocycles. The molecular weight excluding hydrogens is 96.1 g/mol. The topological polar surface area (TPSA) is 0 Å². The molecule has 0 aromatic heterocycles. The highest BCUT2D eigenvalue weighted by Crippen LogP contribution is 2.21. The fourth-order valence-electron chi connectivity index (χ4n) is 1.06. The molecule has 0 radical (unpaired) electrons. The molecule has 1 aliphatic carbocycles. The van der Waals surface area contributed by atoms with Gasteiger partial charge in [-0.2, -0.15) is 0 Å². The van der Waals surface area contributed by atoms with Crippen molar-refractivity contribution in [1.82, 2.24) is 0 Å². The van der Waals surface area contributed by atoms with Crippen molar-refractivity contribution in [3.05, 3.63) is 23.3 Å². The molecule has 0 aliphatic heterocycles. The summed E-state index contributed by atoms with van der Waals surface area (Å²) in [5.41, 5.74) is 2.90. The van der Waals surface area contributed by atoms with E-state index in [2.05, 4.69) is 32.9 Å². The molecule has 0 bridgehead atoms. The van der Waals surface area contributed by atoms with Gasteiger partial charge in [0.15, 0.2) is 0 Å². The third kappa shape index (κ3) is 0.835. The van der Waals surface area contributed by atoms with Crippen molar-refractivity contribution in [2.24, 2.45) is 5.92 Å². The summed E-state index contributed by atoms with van der Waals surface area (Å²) in [6.45, 7) is 6.55. The van der Waals surface area contributed by atoms with E-state index in [0.29, 0.717) is 5.92 Å². The van der Waals surface area contributed by atoms with Crippen molar-refractivity contribution in [2.75, 3.05) is 0 Å². The van der Waals surface area contributed by atoms with Crippen molar-refractivity contribution in [3.8, 4) is 0 Å². The van der Waals surface area contributed by atoms with Gasteiger partial charge in [0.25, 0.3) is 0 Å². The van der Waals surface area contributed by atoms with E-state index < -0.39 is 0 Å². The highest BCUT2D eigenvalue weighted by Gasteiger charge is 2.05. The first-order valence-electron chi connectivity index (χ1n) is 3.07. The highest BCUT2D eigenvalue weighted by molar-refractivity contribution is 5.32. The van der Waals surface area contributed by atoms with E-state index in [-0.39, 0.29) is 0 Å². The van der Waals surface area contributed by atoms with Crippen LogP contribution >= 0.6 is 0 Å². The predicted octanol–water partition coefficient (Wildman–Crippen LogP) is 2.53. The van der Waals surface area contributed by atoms with Gasteiger partial charge < -0.3 is 0 Å². The molecule has 0 saturated heterocycles. The van der Waals surface area contributed by atoms with E-state index >= 15 is 0 Å². The lowest BCUT2D eigenvalue weighted by molar-refractivity contribution is 0.880. The number of hydrogen-bond acceptors (Lipinski definition) is 0. The molecule has 0 N–H and O–H groups in total. The number of rotatable bonds is 0. The average molecular weight is 108 g/mol. The molecule has 0 nitrogen and oxygen atoms in total. The molecule has 0 saturated carbocycles. The second-order valence-electron chi connectivity index (χ2n) is 2.59.